The maximum absolute atomic E-state index is 13.0. The number of hydrogen-bond acceptors (Lipinski definition) is 1. The predicted octanol–water partition coefficient (Wildman–Crippen LogP) is 4.01. The van der Waals surface area contributed by atoms with E-state index in [-0.39, 0.29) is 11.9 Å². The molecule has 0 aliphatic heterocycles. The molecule has 0 bridgehead atoms. The molecule has 0 spiro atoms. The third kappa shape index (κ3) is 3.88. The van der Waals surface area contributed by atoms with E-state index in [0.717, 1.165) is 22.9 Å². The van der Waals surface area contributed by atoms with E-state index in [2.05, 4.69) is 35.0 Å². The fourth-order valence-electron chi connectivity index (χ4n) is 2.16. The molecular weight excluding hydrogens is 305 g/mol. The molecule has 0 aliphatic rings. The molecule has 3 heteroatoms. The first kappa shape index (κ1) is 14.2. The van der Waals surface area contributed by atoms with Crippen LogP contribution in [0.5, 0.6) is 0 Å². The zero-order valence-corrected chi connectivity index (χ0v) is 12.5. The molecule has 0 radical (unpaired) electrons. The molecule has 0 fully saturated rings. The number of nitrogens with two attached hydrogens (primary N) is 1. The minimum Gasteiger partial charge on any atom is -0.327 e. The number of aryl methyl sites for hydroxylation is 1. The van der Waals surface area contributed by atoms with Crippen molar-refractivity contribution >= 4 is 15.9 Å². The molecular formula is C16H17BrFN. The molecule has 2 aromatic rings. The van der Waals surface area contributed by atoms with E-state index < -0.39 is 0 Å². The van der Waals surface area contributed by atoms with Crippen LogP contribution in [0, 0.1) is 12.7 Å². The van der Waals surface area contributed by atoms with Crippen LogP contribution < -0.4 is 5.73 Å². The molecule has 0 heterocycles. The molecule has 0 aromatic heterocycles. The van der Waals surface area contributed by atoms with Gasteiger partial charge in [-0.25, -0.2) is 4.39 Å². The van der Waals surface area contributed by atoms with E-state index in [1.54, 1.807) is 6.07 Å². The SMILES string of the molecule is Cc1ccccc1CC(N)Cc1ccc(F)cc1Br. The molecule has 1 unspecified atom stereocenters. The summed E-state index contributed by atoms with van der Waals surface area (Å²) in [6, 6.07) is 13.0. The van der Waals surface area contributed by atoms with Gasteiger partial charge >= 0.3 is 0 Å². The maximum Gasteiger partial charge on any atom is 0.124 e. The summed E-state index contributed by atoms with van der Waals surface area (Å²) in [5.74, 6) is -0.233. The first-order valence-electron chi connectivity index (χ1n) is 6.30. The van der Waals surface area contributed by atoms with Crippen molar-refractivity contribution in [1.29, 1.82) is 0 Å². The normalized spacial score (nSPS) is 12.4. The van der Waals surface area contributed by atoms with Gasteiger partial charge in [-0.05, 0) is 48.6 Å². The van der Waals surface area contributed by atoms with Gasteiger partial charge in [0.1, 0.15) is 5.82 Å². The highest BCUT2D eigenvalue weighted by molar-refractivity contribution is 9.10. The Hall–Kier alpha value is -1.19. The van der Waals surface area contributed by atoms with Crippen LogP contribution in [0.25, 0.3) is 0 Å². The Morgan fingerprint density at radius 3 is 2.47 bits per heavy atom. The summed E-state index contributed by atoms with van der Waals surface area (Å²) in [6.07, 6.45) is 1.56. The molecule has 0 amide bonds. The largest absolute Gasteiger partial charge is 0.327 e. The van der Waals surface area contributed by atoms with Crippen LogP contribution in [0.2, 0.25) is 0 Å². The summed E-state index contributed by atoms with van der Waals surface area (Å²) in [6.45, 7) is 2.09. The van der Waals surface area contributed by atoms with E-state index in [1.165, 1.54) is 23.3 Å². The van der Waals surface area contributed by atoms with Crippen molar-refractivity contribution < 1.29 is 4.39 Å². The van der Waals surface area contributed by atoms with Crippen molar-refractivity contribution in [1.82, 2.24) is 0 Å². The smallest absolute Gasteiger partial charge is 0.124 e. The molecule has 2 aromatic carbocycles. The summed E-state index contributed by atoms with van der Waals surface area (Å²) in [4.78, 5) is 0. The Labute approximate surface area is 121 Å². The van der Waals surface area contributed by atoms with Crippen molar-refractivity contribution in [3.8, 4) is 0 Å². The first-order valence-corrected chi connectivity index (χ1v) is 7.09. The zero-order chi connectivity index (χ0) is 13.8. The number of benzene rings is 2. The second-order valence-corrected chi connectivity index (χ2v) is 5.68. The lowest BCUT2D eigenvalue weighted by Gasteiger charge is -2.14. The standard InChI is InChI=1S/C16H17BrFN/c1-11-4-2-3-5-12(11)8-15(19)9-13-6-7-14(18)10-16(13)17/h2-7,10,15H,8-9,19H2,1H3. The molecule has 100 valence electrons. The summed E-state index contributed by atoms with van der Waals surface area (Å²) in [7, 11) is 0. The van der Waals surface area contributed by atoms with Gasteiger partial charge in [0, 0.05) is 10.5 Å². The van der Waals surface area contributed by atoms with Crippen LogP contribution in [0.3, 0.4) is 0 Å². The zero-order valence-electron chi connectivity index (χ0n) is 10.9. The molecule has 1 nitrogen and oxygen atoms in total. The Morgan fingerprint density at radius 1 is 1.11 bits per heavy atom. The average Bonchev–Trinajstić information content (AvgIpc) is 2.36. The van der Waals surface area contributed by atoms with Crippen LogP contribution in [-0.2, 0) is 12.8 Å². The molecule has 0 saturated carbocycles. The molecule has 0 saturated heterocycles. The second kappa shape index (κ2) is 6.31. The van der Waals surface area contributed by atoms with E-state index in [9.17, 15) is 4.39 Å². The summed E-state index contributed by atoms with van der Waals surface area (Å²) in [5.41, 5.74) is 9.77. The highest BCUT2D eigenvalue weighted by Gasteiger charge is 2.10. The Morgan fingerprint density at radius 2 is 1.79 bits per heavy atom. The van der Waals surface area contributed by atoms with Gasteiger partial charge in [-0.1, -0.05) is 46.3 Å². The van der Waals surface area contributed by atoms with Gasteiger partial charge in [0.25, 0.3) is 0 Å². The minimum absolute atomic E-state index is 0.0304. The van der Waals surface area contributed by atoms with Crippen LogP contribution in [0.1, 0.15) is 16.7 Å². The Bertz CT molecular complexity index is 568. The van der Waals surface area contributed by atoms with Gasteiger partial charge < -0.3 is 5.73 Å². The lowest BCUT2D eigenvalue weighted by molar-refractivity contribution is 0.622. The monoisotopic (exact) mass is 321 g/mol. The van der Waals surface area contributed by atoms with Gasteiger partial charge in [-0.2, -0.15) is 0 Å². The third-order valence-corrected chi connectivity index (χ3v) is 3.98. The summed E-state index contributed by atoms with van der Waals surface area (Å²) < 4.78 is 13.8. The molecule has 2 rings (SSSR count). The lowest BCUT2D eigenvalue weighted by atomic mass is 9.97. The first-order chi connectivity index (χ1) is 9.06. The van der Waals surface area contributed by atoms with Crippen molar-refractivity contribution in [2.75, 3.05) is 0 Å². The number of hydrogen-bond donors (Lipinski definition) is 1. The summed E-state index contributed by atoms with van der Waals surface area (Å²) >= 11 is 3.38. The van der Waals surface area contributed by atoms with Crippen LogP contribution >= 0.6 is 15.9 Å². The maximum atomic E-state index is 13.0. The fraction of sp³-hybridized carbons (Fsp3) is 0.250. The number of halogens is 2. The van der Waals surface area contributed by atoms with Crippen molar-refractivity contribution in [3.05, 3.63) is 69.4 Å². The molecule has 19 heavy (non-hydrogen) atoms. The van der Waals surface area contributed by atoms with Gasteiger partial charge in [0.2, 0.25) is 0 Å². The van der Waals surface area contributed by atoms with Gasteiger partial charge in [0.05, 0.1) is 0 Å². The highest BCUT2D eigenvalue weighted by Crippen LogP contribution is 2.20. The third-order valence-electron chi connectivity index (χ3n) is 3.24. The van der Waals surface area contributed by atoms with Gasteiger partial charge in [-0.3, -0.25) is 0 Å². The number of rotatable bonds is 4. The second-order valence-electron chi connectivity index (χ2n) is 4.83. The highest BCUT2D eigenvalue weighted by atomic mass is 79.9. The van der Waals surface area contributed by atoms with Crippen molar-refractivity contribution in [3.63, 3.8) is 0 Å². The van der Waals surface area contributed by atoms with Gasteiger partial charge in [-0.15, -0.1) is 0 Å². The molecule has 1 atom stereocenters. The van der Waals surface area contributed by atoms with Crippen molar-refractivity contribution in [2.24, 2.45) is 5.73 Å². The van der Waals surface area contributed by atoms with Crippen LogP contribution in [-0.4, -0.2) is 6.04 Å². The molecule has 0 aliphatic carbocycles. The lowest BCUT2D eigenvalue weighted by Crippen LogP contribution is -2.26. The van der Waals surface area contributed by atoms with E-state index in [4.69, 9.17) is 5.73 Å². The topological polar surface area (TPSA) is 26.0 Å². The van der Waals surface area contributed by atoms with Crippen LogP contribution in [0.4, 0.5) is 4.39 Å². The predicted molar refractivity (Wildman–Crippen MR) is 80.7 cm³/mol. The Kier molecular flexibility index (Phi) is 4.72. The van der Waals surface area contributed by atoms with Crippen molar-refractivity contribution in [2.45, 2.75) is 25.8 Å². The van der Waals surface area contributed by atoms with E-state index >= 15 is 0 Å². The average molecular weight is 322 g/mol. The fourth-order valence-corrected chi connectivity index (χ4v) is 2.68. The van der Waals surface area contributed by atoms with E-state index in [1.807, 2.05) is 12.1 Å². The van der Waals surface area contributed by atoms with Crippen LogP contribution in [0.15, 0.2) is 46.9 Å². The summed E-state index contributed by atoms with van der Waals surface area (Å²) in [5, 5.41) is 0. The quantitative estimate of drug-likeness (QED) is 0.904. The van der Waals surface area contributed by atoms with Gasteiger partial charge in [0.15, 0.2) is 0 Å². The van der Waals surface area contributed by atoms with E-state index in [0.29, 0.717) is 0 Å². The molecule has 2 N–H and O–H groups in total. The minimum atomic E-state index is -0.233. The Balaban J connectivity index is 2.05.